The predicted octanol–water partition coefficient (Wildman–Crippen LogP) is 3.97. The molecule has 0 unspecified atom stereocenters. The second-order valence-corrected chi connectivity index (χ2v) is 5.62. The molecule has 98 valence electrons. The standard InChI is InChI=1S/C14H9ClN4S/c1-8-6-20-7-10(8)12-17-13-9-4-2-3-5-11(9)16-14(15)19(13)18-12/h2-7H,1H3. The van der Waals surface area contributed by atoms with Crippen LogP contribution in [0.2, 0.25) is 5.28 Å². The Morgan fingerprint density at radius 1 is 1.15 bits per heavy atom. The Hall–Kier alpha value is -1.98. The molecule has 0 aliphatic carbocycles. The number of rotatable bonds is 1. The Labute approximate surface area is 123 Å². The van der Waals surface area contributed by atoms with Gasteiger partial charge in [0, 0.05) is 16.3 Å². The molecule has 0 atom stereocenters. The molecule has 0 spiro atoms. The van der Waals surface area contributed by atoms with Gasteiger partial charge in [0.05, 0.1) is 5.52 Å². The summed E-state index contributed by atoms with van der Waals surface area (Å²) >= 11 is 7.84. The highest BCUT2D eigenvalue weighted by Gasteiger charge is 2.14. The lowest BCUT2D eigenvalue weighted by Gasteiger charge is -1.99. The molecule has 0 amide bonds. The van der Waals surface area contributed by atoms with Crippen LogP contribution in [0.1, 0.15) is 5.56 Å². The number of para-hydroxylation sites is 1. The van der Waals surface area contributed by atoms with Gasteiger partial charge >= 0.3 is 0 Å². The molecule has 4 nitrogen and oxygen atoms in total. The summed E-state index contributed by atoms with van der Waals surface area (Å²) in [4.78, 5) is 8.99. The van der Waals surface area contributed by atoms with Crippen LogP contribution >= 0.6 is 22.9 Å². The molecule has 1 aromatic carbocycles. The fourth-order valence-electron chi connectivity index (χ4n) is 2.23. The summed E-state index contributed by atoms with van der Waals surface area (Å²) < 4.78 is 1.59. The van der Waals surface area contributed by atoms with Crippen LogP contribution in [0.15, 0.2) is 35.0 Å². The van der Waals surface area contributed by atoms with Crippen LogP contribution in [0, 0.1) is 6.92 Å². The van der Waals surface area contributed by atoms with Gasteiger partial charge in [0.2, 0.25) is 5.28 Å². The largest absolute Gasteiger partial charge is 0.226 e. The van der Waals surface area contributed by atoms with E-state index < -0.39 is 0 Å². The molecule has 20 heavy (non-hydrogen) atoms. The van der Waals surface area contributed by atoms with Gasteiger partial charge in [0.15, 0.2) is 11.5 Å². The third-order valence-electron chi connectivity index (χ3n) is 3.24. The fraction of sp³-hybridized carbons (Fsp3) is 0.0714. The van der Waals surface area contributed by atoms with Crippen molar-refractivity contribution in [3.8, 4) is 11.4 Å². The number of fused-ring (bicyclic) bond motifs is 3. The van der Waals surface area contributed by atoms with Gasteiger partial charge < -0.3 is 0 Å². The van der Waals surface area contributed by atoms with E-state index in [-0.39, 0.29) is 0 Å². The molecule has 3 aromatic heterocycles. The summed E-state index contributed by atoms with van der Waals surface area (Å²) in [6.07, 6.45) is 0. The van der Waals surface area contributed by atoms with Crippen molar-refractivity contribution >= 4 is 39.5 Å². The summed E-state index contributed by atoms with van der Waals surface area (Å²) in [5.41, 5.74) is 3.77. The third kappa shape index (κ3) is 1.63. The lowest BCUT2D eigenvalue weighted by Crippen LogP contribution is -1.94. The predicted molar refractivity (Wildman–Crippen MR) is 81.3 cm³/mol. The van der Waals surface area contributed by atoms with Crippen molar-refractivity contribution in [1.29, 1.82) is 0 Å². The van der Waals surface area contributed by atoms with Gasteiger partial charge in [0.25, 0.3) is 0 Å². The molecule has 4 aromatic rings. The highest BCUT2D eigenvalue weighted by Crippen LogP contribution is 2.27. The first kappa shape index (κ1) is 11.8. The summed E-state index contributed by atoms with van der Waals surface area (Å²) in [7, 11) is 0. The van der Waals surface area contributed by atoms with Crippen molar-refractivity contribution in [2.75, 3.05) is 0 Å². The van der Waals surface area contributed by atoms with Crippen LogP contribution in [-0.4, -0.2) is 19.6 Å². The van der Waals surface area contributed by atoms with Gasteiger partial charge in [-0.25, -0.2) is 9.97 Å². The summed E-state index contributed by atoms with van der Waals surface area (Å²) in [5.74, 6) is 0.684. The van der Waals surface area contributed by atoms with Crippen molar-refractivity contribution in [2.45, 2.75) is 6.92 Å². The van der Waals surface area contributed by atoms with E-state index in [1.54, 1.807) is 15.9 Å². The van der Waals surface area contributed by atoms with E-state index >= 15 is 0 Å². The minimum absolute atomic E-state index is 0.324. The summed E-state index contributed by atoms with van der Waals surface area (Å²) in [6, 6.07) is 7.79. The molecule has 6 heteroatoms. The Morgan fingerprint density at radius 3 is 2.80 bits per heavy atom. The summed E-state index contributed by atoms with van der Waals surface area (Å²) in [5, 5.41) is 9.89. The zero-order valence-corrected chi connectivity index (χ0v) is 12.1. The molecule has 0 saturated carbocycles. The molecule has 0 saturated heterocycles. The van der Waals surface area contributed by atoms with Crippen molar-refractivity contribution in [2.24, 2.45) is 0 Å². The molecule has 0 N–H and O–H groups in total. The van der Waals surface area contributed by atoms with Gasteiger partial charge in [-0.15, -0.1) is 5.10 Å². The van der Waals surface area contributed by atoms with Gasteiger partial charge in [-0.2, -0.15) is 15.9 Å². The Bertz CT molecular complexity index is 941. The minimum Gasteiger partial charge on any atom is -0.218 e. The van der Waals surface area contributed by atoms with E-state index in [0.29, 0.717) is 11.1 Å². The Kier molecular flexibility index (Phi) is 2.52. The number of nitrogens with zero attached hydrogens (tertiary/aromatic N) is 4. The van der Waals surface area contributed by atoms with E-state index in [1.165, 1.54) is 5.56 Å². The molecule has 0 radical (unpaired) electrons. The van der Waals surface area contributed by atoms with E-state index in [2.05, 4.69) is 27.4 Å². The fourth-order valence-corrected chi connectivity index (χ4v) is 3.26. The average Bonchev–Trinajstić information content (AvgIpc) is 3.05. The SMILES string of the molecule is Cc1cscc1-c1nc2c3ccccc3nc(Cl)n2n1. The maximum absolute atomic E-state index is 6.20. The second kappa shape index (κ2) is 4.26. The quantitative estimate of drug-likeness (QED) is 0.500. The normalized spacial score (nSPS) is 11.5. The van der Waals surface area contributed by atoms with E-state index in [1.807, 2.05) is 29.6 Å². The number of hydrogen-bond acceptors (Lipinski definition) is 4. The zero-order chi connectivity index (χ0) is 13.7. The molecule has 0 aliphatic heterocycles. The van der Waals surface area contributed by atoms with Crippen molar-refractivity contribution in [3.05, 3.63) is 45.9 Å². The maximum Gasteiger partial charge on any atom is 0.226 e. The molecular formula is C14H9ClN4S. The van der Waals surface area contributed by atoms with Gasteiger partial charge in [-0.3, -0.25) is 0 Å². The van der Waals surface area contributed by atoms with Crippen LogP contribution in [-0.2, 0) is 0 Å². The average molecular weight is 301 g/mol. The zero-order valence-electron chi connectivity index (χ0n) is 10.5. The maximum atomic E-state index is 6.20. The van der Waals surface area contributed by atoms with Crippen LogP contribution in [0.4, 0.5) is 0 Å². The highest BCUT2D eigenvalue weighted by atomic mass is 35.5. The second-order valence-electron chi connectivity index (χ2n) is 4.54. The van der Waals surface area contributed by atoms with E-state index in [9.17, 15) is 0 Å². The first-order valence-corrected chi connectivity index (χ1v) is 7.40. The number of hydrogen-bond donors (Lipinski definition) is 0. The van der Waals surface area contributed by atoms with Gasteiger partial charge in [-0.1, -0.05) is 12.1 Å². The molecule has 0 fully saturated rings. The summed E-state index contributed by atoms with van der Waals surface area (Å²) in [6.45, 7) is 2.05. The van der Waals surface area contributed by atoms with Crippen LogP contribution in [0.3, 0.4) is 0 Å². The van der Waals surface area contributed by atoms with Crippen molar-refractivity contribution < 1.29 is 0 Å². The first-order valence-electron chi connectivity index (χ1n) is 6.08. The van der Waals surface area contributed by atoms with Crippen LogP contribution < -0.4 is 0 Å². The number of thiophene rings is 1. The van der Waals surface area contributed by atoms with E-state index in [4.69, 9.17) is 11.6 Å². The molecule has 4 rings (SSSR count). The molecule has 0 aliphatic rings. The van der Waals surface area contributed by atoms with Crippen molar-refractivity contribution in [3.63, 3.8) is 0 Å². The van der Waals surface area contributed by atoms with Crippen molar-refractivity contribution in [1.82, 2.24) is 19.6 Å². The van der Waals surface area contributed by atoms with E-state index in [0.717, 1.165) is 22.1 Å². The van der Waals surface area contributed by atoms with Crippen LogP contribution in [0.5, 0.6) is 0 Å². The molecule has 0 bridgehead atoms. The third-order valence-corrected chi connectivity index (χ3v) is 4.34. The highest BCUT2D eigenvalue weighted by molar-refractivity contribution is 7.08. The van der Waals surface area contributed by atoms with Crippen LogP contribution in [0.25, 0.3) is 27.9 Å². The monoisotopic (exact) mass is 300 g/mol. The van der Waals surface area contributed by atoms with Gasteiger partial charge in [-0.05, 0) is 41.6 Å². The lowest BCUT2D eigenvalue weighted by atomic mass is 10.2. The number of halogens is 1. The first-order chi connectivity index (χ1) is 9.74. The Balaban J connectivity index is 2.11. The number of benzene rings is 1. The molecule has 3 heterocycles. The minimum atomic E-state index is 0.324. The Morgan fingerprint density at radius 2 is 2.00 bits per heavy atom. The lowest BCUT2D eigenvalue weighted by molar-refractivity contribution is 0.939. The van der Waals surface area contributed by atoms with Gasteiger partial charge in [0.1, 0.15) is 0 Å². The number of aryl methyl sites for hydroxylation is 1. The topological polar surface area (TPSA) is 43.1 Å². The number of aromatic nitrogens is 4. The molecular weight excluding hydrogens is 292 g/mol. The smallest absolute Gasteiger partial charge is 0.218 e.